The third-order valence-electron chi connectivity index (χ3n) is 3.75. The maximum Gasteiger partial charge on any atom is 0.336 e. The van der Waals surface area contributed by atoms with Crippen molar-refractivity contribution < 1.29 is 14.7 Å². The lowest BCUT2D eigenvalue weighted by atomic mass is 10.1. The first kappa shape index (κ1) is 15.8. The molecule has 2 rings (SSSR count). The van der Waals surface area contributed by atoms with E-state index in [0.717, 1.165) is 17.0 Å². The fraction of sp³-hybridized carbons (Fsp3) is 0.312. The summed E-state index contributed by atoms with van der Waals surface area (Å²) in [7, 11) is 1.84. The maximum atomic E-state index is 12.2. The van der Waals surface area contributed by atoms with Crippen molar-refractivity contribution in [3.63, 3.8) is 0 Å². The maximum absolute atomic E-state index is 12.2. The van der Waals surface area contributed by atoms with E-state index in [1.807, 2.05) is 20.9 Å². The number of carbonyl (C=O) groups is 2. The number of hydrogen-bond acceptors (Lipinski definition) is 3. The van der Waals surface area contributed by atoms with Crippen molar-refractivity contribution >= 4 is 17.6 Å². The number of carboxylic acids is 1. The number of aromatic carboxylic acids is 1. The normalized spacial score (nSPS) is 10.5. The van der Waals surface area contributed by atoms with Gasteiger partial charge in [-0.05, 0) is 38.5 Å². The lowest BCUT2D eigenvalue weighted by molar-refractivity contribution is -0.115. The minimum atomic E-state index is -1.01. The first-order valence-corrected chi connectivity index (χ1v) is 6.92. The fourth-order valence-electron chi connectivity index (χ4n) is 2.37. The van der Waals surface area contributed by atoms with Crippen molar-refractivity contribution in [2.45, 2.75) is 27.2 Å². The standard InChI is InChI=1S/C16H19N3O3/c1-9-5-6-12(7-13(9)16(21)22)17-15(20)8-14-10(2)18-19(4)11(14)3/h5-7H,8H2,1-4H3,(H,17,20)(H,21,22). The molecule has 0 bridgehead atoms. The Kier molecular flexibility index (Phi) is 4.30. The first-order valence-electron chi connectivity index (χ1n) is 6.92. The van der Waals surface area contributed by atoms with E-state index in [9.17, 15) is 9.59 Å². The summed E-state index contributed by atoms with van der Waals surface area (Å²) in [5.41, 5.74) is 3.99. The molecular weight excluding hydrogens is 282 g/mol. The van der Waals surface area contributed by atoms with Gasteiger partial charge in [0, 0.05) is 24.0 Å². The minimum absolute atomic E-state index is 0.187. The molecule has 1 aromatic heterocycles. The summed E-state index contributed by atoms with van der Waals surface area (Å²) in [5.74, 6) is -1.20. The molecule has 0 aliphatic carbocycles. The van der Waals surface area contributed by atoms with Crippen molar-refractivity contribution in [3.8, 4) is 0 Å². The van der Waals surface area contributed by atoms with E-state index in [1.54, 1.807) is 23.7 Å². The molecular formula is C16H19N3O3. The van der Waals surface area contributed by atoms with Crippen molar-refractivity contribution in [1.82, 2.24) is 9.78 Å². The second-order valence-corrected chi connectivity index (χ2v) is 5.33. The van der Waals surface area contributed by atoms with Crippen LogP contribution in [0.5, 0.6) is 0 Å². The molecule has 116 valence electrons. The highest BCUT2D eigenvalue weighted by Gasteiger charge is 2.14. The number of amides is 1. The van der Waals surface area contributed by atoms with Crippen LogP contribution in [0, 0.1) is 20.8 Å². The van der Waals surface area contributed by atoms with E-state index in [2.05, 4.69) is 10.4 Å². The van der Waals surface area contributed by atoms with Crippen LogP contribution in [-0.4, -0.2) is 26.8 Å². The SMILES string of the molecule is Cc1ccc(NC(=O)Cc2c(C)nn(C)c2C)cc1C(=O)O. The number of anilines is 1. The molecule has 0 aliphatic rings. The molecule has 0 atom stereocenters. The first-order chi connectivity index (χ1) is 10.3. The third kappa shape index (κ3) is 3.16. The molecule has 0 fully saturated rings. The Morgan fingerprint density at radius 2 is 1.95 bits per heavy atom. The molecule has 2 N–H and O–H groups in total. The molecule has 22 heavy (non-hydrogen) atoms. The Bertz CT molecular complexity index is 747. The average Bonchev–Trinajstić information content (AvgIpc) is 2.67. The van der Waals surface area contributed by atoms with Crippen LogP contribution >= 0.6 is 0 Å². The van der Waals surface area contributed by atoms with Crippen molar-refractivity contribution in [2.75, 3.05) is 5.32 Å². The van der Waals surface area contributed by atoms with E-state index in [-0.39, 0.29) is 17.9 Å². The fourth-order valence-corrected chi connectivity index (χ4v) is 2.37. The number of aryl methyl sites for hydroxylation is 3. The minimum Gasteiger partial charge on any atom is -0.478 e. The van der Waals surface area contributed by atoms with E-state index < -0.39 is 5.97 Å². The Labute approximate surface area is 128 Å². The molecule has 1 amide bonds. The smallest absolute Gasteiger partial charge is 0.336 e. The molecule has 6 nitrogen and oxygen atoms in total. The van der Waals surface area contributed by atoms with Crippen LogP contribution in [0.15, 0.2) is 18.2 Å². The van der Waals surface area contributed by atoms with Crippen LogP contribution in [0.1, 0.15) is 32.9 Å². The van der Waals surface area contributed by atoms with Gasteiger partial charge < -0.3 is 10.4 Å². The lowest BCUT2D eigenvalue weighted by Gasteiger charge is -2.08. The van der Waals surface area contributed by atoms with Gasteiger partial charge in [-0.1, -0.05) is 6.07 Å². The van der Waals surface area contributed by atoms with Gasteiger partial charge in [0.2, 0.25) is 5.91 Å². The molecule has 0 spiro atoms. The van der Waals surface area contributed by atoms with E-state index in [1.165, 1.54) is 6.07 Å². The Morgan fingerprint density at radius 3 is 2.50 bits per heavy atom. The summed E-state index contributed by atoms with van der Waals surface area (Å²) in [4.78, 5) is 23.3. The number of hydrogen-bond donors (Lipinski definition) is 2. The second kappa shape index (κ2) is 6.01. The number of carboxylic acid groups (broad SMARTS) is 1. The van der Waals surface area contributed by atoms with Gasteiger partial charge in [0.1, 0.15) is 0 Å². The molecule has 0 radical (unpaired) electrons. The summed E-state index contributed by atoms with van der Waals surface area (Å²) < 4.78 is 1.74. The summed E-state index contributed by atoms with van der Waals surface area (Å²) in [6.45, 7) is 5.50. The van der Waals surface area contributed by atoms with Gasteiger partial charge >= 0.3 is 5.97 Å². The molecule has 0 aliphatic heterocycles. The molecule has 1 heterocycles. The Balaban J connectivity index is 2.16. The quantitative estimate of drug-likeness (QED) is 0.907. The van der Waals surface area contributed by atoms with Gasteiger partial charge in [-0.2, -0.15) is 5.10 Å². The van der Waals surface area contributed by atoms with E-state index in [4.69, 9.17) is 5.11 Å². The summed E-state index contributed by atoms with van der Waals surface area (Å²) in [6.07, 6.45) is 0.210. The van der Waals surface area contributed by atoms with Crippen LogP contribution in [0.3, 0.4) is 0 Å². The van der Waals surface area contributed by atoms with Gasteiger partial charge in [0.15, 0.2) is 0 Å². The Hall–Kier alpha value is -2.63. The van der Waals surface area contributed by atoms with Crippen molar-refractivity contribution in [3.05, 3.63) is 46.3 Å². The topological polar surface area (TPSA) is 84.2 Å². The second-order valence-electron chi connectivity index (χ2n) is 5.33. The van der Waals surface area contributed by atoms with Gasteiger partial charge in [-0.15, -0.1) is 0 Å². The van der Waals surface area contributed by atoms with Crippen LogP contribution < -0.4 is 5.32 Å². The van der Waals surface area contributed by atoms with Gasteiger partial charge in [-0.25, -0.2) is 4.79 Å². The van der Waals surface area contributed by atoms with Crippen LogP contribution in [0.2, 0.25) is 0 Å². The molecule has 0 saturated carbocycles. The molecule has 6 heteroatoms. The molecule has 1 aromatic carbocycles. The van der Waals surface area contributed by atoms with Gasteiger partial charge in [0.25, 0.3) is 0 Å². The highest BCUT2D eigenvalue weighted by atomic mass is 16.4. The highest BCUT2D eigenvalue weighted by molar-refractivity contribution is 5.95. The summed E-state index contributed by atoms with van der Waals surface area (Å²) in [5, 5.41) is 16.1. The van der Waals surface area contributed by atoms with Gasteiger partial charge in [0.05, 0.1) is 17.7 Å². The zero-order chi connectivity index (χ0) is 16.4. The monoisotopic (exact) mass is 301 g/mol. The third-order valence-corrected chi connectivity index (χ3v) is 3.75. The molecule has 0 saturated heterocycles. The molecule has 0 unspecified atom stereocenters. The number of benzene rings is 1. The summed E-state index contributed by atoms with van der Waals surface area (Å²) in [6, 6.07) is 4.85. The number of aromatic nitrogens is 2. The van der Waals surface area contributed by atoms with Crippen LogP contribution in [0.25, 0.3) is 0 Å². The lowest BCUT2D eigenvalue weighted by Crippen LogP contribution is -2.16. The number of carbonyl (C=O) groups excluding carboxylic acids is 1. The average molecular weight is 301 g/mol. The number of nitrogens with zero attached hydrogens (tertiary/aromatic N) is 2. The molecule has 2 aromatic rings. The predicted octanol–water partition coefficient (Wildman–Crippen LogP) is 2.22. The largest absolute Gasteiger partial charge is 0.478 e. The number of nitrogens with one attached hydrogen (secondary N) is 1. The summed E-state index contributed by atoms with van der Waals surface area (Å²) >= 11 is 0. The zero-order valence-electron chi connectivity index (χ0n) is 13.1. The van der Waals surface area contributed by atoms with Crippen LogP contribution in [0.4, 0.5) is 5.69 Å². The van der Waals surface area contributed by atoms with E-state index in [0.29, 0.717) is 11.3 Å². The van der Waals surface area contributed by atoms with Crippen molar-refractivity contribution in [1.29, 1.82) is 0 Å². The van der Waals surface area contributed by atoms with Crippen LogP contribution in [-0.2, 0) is 18.3 Å². The van der Waals surface area contributed by atoms with E-state index >= 15 is 0 Å². The van der Waals surface area contributed by atoms with Crippen molar-refractivity contribution in [2.24, 2.45) is 7.05 Å². The number of rotatable bonds is 4. The van der Waals surface area contributed by atoms with Gasteiger partial charge in [-0.3, -0.25) is 9.48 Å². The Morgan fingerprint density at radius 1 is 1.27 bits per heavy atom. The zero-order valence-corrected chi connectivity index (χ0v) is 13.1. The predicted molar refractivity (Wildman–Crippen MR) is 83.2 cm³/mol. The highest BCUT2D eigenvalue weighted by Crippen LogP contribution is 2.17.